The van der Waals surface area contributed by atoms with Crippen LogP contribution in [-0.4, -0.2) is 25.2 Å². The molecule has 1 rings (SSSR count). The van der Waals surface area contributed by atoms with Gasteiger partial charge in [-0.25, -0.2) is 0 Å². The zero-order chi connectivity index (χ0) is 18.7. The van der Waals surface area contributed by atoms with E-state index in [1.165, 1.54) is 0 Å². The van der Waals surface area contributed by atoms with E-state index in [4.69, 9.17) is 9.47 Å². The van der Waals surface area contributed by atoms with Gasteiger partial charge in [-0.3, -0.25) is 9.59 Å². The predicted molar refractivity (Wildman–Crippen MR) is 88.6 cm³/mol. The van der Waals surface area contributed by atoms with E-state index in [0.717, 1.165) is 0 Å². The molecule has 0 fully saturated rings. The zero-order valence-corrected chi connectivity index (χ0v) is 14.2. The van der Waals surface area contributed by atoms with Crippen LogP contribution in [0.25, 0.3) is 0 Å². The van der Waals surface area contributed by atoms with Crippen molar-refractivity contribution in [2.75, 3.05) is 13.2 Å². The largest absolute Gasteiger partial charge is 0.465 e. The zero-order valence-electron chi connectivity index (χ0n) is 14.2. The summed E-state index contributed by atoms with van der Waals surface area (Å²) in [5.41, 5.74) is -1.24. The average molecular weight is 350 g/mol. The SMILES string of the molecule is CCOC(=O)C(CC#Cc1ccccc1)(CC=C(F)F)C(=O)OCC. The second kappa shape index (κ2) is 10.2. The highest BCUT2D eigenvalue weighted by Crippen LogP contribution is 2.32. The third-order valence-corrected chi connectivity index (χ3v) is 3.33. The third kappa shape index (κ3) is 6.03. The van der Waals surface area contributed by atoms with Crippen LogP contribution in [0.3, 0.4) is 0 Å². The average Bonchev–Trinajstić information content (AvgIpc) is 2.59. The lowest BCUT2D eigenvalue weighted by Gasteiger charge is -2.26. The van der Waals surface area contributed by atoms with E-state index in [9.17, 15) is 18.4 Å². The summed E-state index contributed by atoms with van der Waals surface area (Å²) in [6.07, 6.45) is -2.31. The molecule has 0 saturated heterocycles. The van der Waals surface area contributed by atoms with Gasteiger partial charge < -0.3 is 9.47 Å². The normalized spacial score (nSPS) is 10.2. The molecular weight excluding hydrogens is 330 g/mol. The van der Waals surface area contributed by atoms with Crippen molar-refractivity contribution in [1.29, 1.82) is 0 Å². The van der Waals surface area contributed by atoms with E-state index in [0.29, 0.717) is 11.6 Å². The molecule has 0 bridgehead atoms. The molecule has 134 valence electrons. The number of ether oxygens (including phenoxy) is 2. The molecule has 1 aromatic carbocycles. The molecule has 1 aromatic rings. The molecule has 0 aliphatic rings. The van der Waals surface area contributed by atoms with Crippen LogP contribution in [0, 0.1) is 17.3 Å². The van der Waals surface area contributed by atoms with Gasteiger partial charge in [0.1, 0.15) is 0 Å². The number of carbonyl (C=O) groups excluding carboxylic acids is 2. The van der Waals surface area contributed by atoms with Gasteiger partial charge in [0, 0.05) is 12.0 Å². The van der Waals surface area contributed by atoms with Gasteiger partial charge in [-0.15, -0.1) is 0 Å². The summed E-state index contributed by atoms with van der Waals surface area (Å²) in [4.78, 5) is 24.7. The van der Waals surface area contributed by atoms with E-state index < -0.39 is 29.9 Å². The van der Waals surface area contributed by atoms with Gasteiger partial charge in [-0.05, 0) is 38.5 Å². The van der Waals surface area contributed by atoms with Crippen LogP contribution in [0.1, 0.15) is 32.3 Å². The Morgan fingerprint density at radius 2 is 1.64 bits per heavy atom. The highest BCUT2D eigenvalue weighted by Gasteiger charge is 2.47. The quantitative estimate of drug-likeness (QED) is 0.427. The van der Waals surface area contributed by atoms with Gasteiger partial charge in [-0.2, -0.15) is 8.78 Å². The molecule has 0 aliphatic heterocycles. The maximum atomic E-state index is 12.6. The minimum absolute atomic E-state index is 0.00786. The highest BCUT2D eigenvalue weighted by molar-refractivity contribution is 6.00. The van der Waals surface area contributed by atoms with Gasteiger partial charge in [-0.1, -0.05) is 30.0 Å². The molecule has 0 heterocycles. The molecule has 0 aromatic heterocycles. The summed E-state index contributed by atoms with van der Waals surface area (Å²) in [5.74, 6) is 3.68. The first kappa shape index (κ1) is 20.4. The third-order valence-electron chi connectivity index (χ3n) is 3.33. The lowest BCUT2D eigenvalue weighted by atomic mass is 9.81. The van der Waals surface area contributed by atoms with Gasteiger partial charge in [0.05, 0.1) is 13.2 Å². The fourth-order valence-electron chi connectivity index (χ4n) is 2.08. The molecule has 6 heteroatoms. The maximum Gasteiger partial charge on any atom is 0.324 e. The van der Waals surface area contributed by atoms with Crippen LogP contribution < -0.4 is 0 Å². The summed E-state index contributed by atoms with van der Waals surface area (Å²) >= 11 is 0. The summed E-state index contributed by atoms with van der Waals surface area (Å²) < 4.78 is 35.0. The van der Waals surface area contributed by atoms with Crippen LogP contribution in [0.4, 0.5) is 8.78 Å². The second-order valence-corrected chi connectivity index (χ2v) is 5.07. The molecule has 0 amide bonds. The van der Waals surface area contributed by atoms with Crippen LogP contribution in [0.2, 0.25) is 0 Å². The summed E-state index contributed by atoms with van der Waals surface area (Å²) in [7, 11) is 0. The van der Waals surface area contributed by atoms with Crippen molar-refractivity contribution in [3.05, 3.63) is 48.1 Å². The van der Waals surface area contributed by atoms with Crippen molar-refractivity contribution in [2.45, 2.75) is 26.7 Å². The first-order chi connectivity index (χ1) is 12.0. The van der Waals surface area contributed by atoms with Crippen molar-refractivity contribution in [3.8, 4) is 11.8 Å². The molecule has 0 radical (unpaired) electrons. The Bertz CT molecular complexity index is 650. The van der Waals surface area contributed by atoms with Crippen LogP contribution >= 0.6 is 0 Å². The first-order valence-corrected chi connectivity index (χ1v) is 7.85. The Morgan fingerprint density at radius 3 is 2.12 bits per heavy atom. The lowest BCUT2D eigenvalue weighted by Crippen LogP contribution is -2.41. The van der Waals surface area contributed by atoms with E-state index in [2.05, 4.69) is 11.8 Å². The van der Waals surface area contributed by atoms with Crippen molar-refractivity contribution in [1.82, 2.24) is 0 Å². The fraction of sp³-hybridized carbons (Fsp3) is 0.368. The van der Waals surface area contributed by atoms with Crippen LogP contribution in [-0.2, 0) is 19.1 Å². The number of halogens is 2. The number of hydrogen-bond donors (Lipinski definition) is 0. The van der Waals surface area contributed by atoms with Gasteiger partial charge >= 0.3 is 11.9 Å². The minimum Gasteiger partial charge on any atom is -0.465 e. The number of benzene rings is 1. The minimum atomic E-state index is -1.99. The van der Waals surface area contributed by atoms with Gasteiger partial charge in [0.15, 0.2) is 5.41 Å². The Kier molecular flexibility index (Phi) is 8.34. The van der Waals surface area contributed by atoms with Gasteiger partial charge in [0.2, 0.25) is 0 Å². The first-order valence-electron chi connectivity index (χ1n) is 7.85. The predicted octanol–water partition coefficient (Wildman–Crippen LogP) is 3.71. The molecule has 0 saturated carbocycles. The van der Waals surface area contributed by atoms with Crippen molar-refractivity contribution < 1.29 is 27.8 Å². The van der Waals surface area contributed by atoms with Crippen LogP contribution in [0.15, 0.2) is 42.5 Å². The van der Waals surface area contributed by atoms with E-state index >= 15 is 0 Å². The number of esters is 2. The molecule has 25 heavy (non-hydrogen) atoms. The lowest BCUT2D eigenvalue weighted by molar-refractivity contribution is -0.171. The summed E-state index contributed by atoms with van der Waals surface area (Å²) in [6.45, 7) is 3.14. The molecule has 0 atom stereocenters. The van der Waals surface area contributed by atoms with Crippen molar-refractivity contribution in [3.63, 3.8) is 0 Å². The van der Waals surface area contributed by atoms with Gasteiger partial charge in [0.25, 0.3) is 6.08 Å². The summed E-state index contributed by atoms with van der Waals surface area (Å²) in [6, 6.07) is 8.90. The van der Waals surface area contributed by atoms with E-state index in [1.54, 1.807) is 38.1 Å². The number of allylic oxidation sites excluding steroid dienone is 1. The second-order valence-electron chi connectivity index (χ2n) is 5.07. The Labute approximate surface area is 145 Å². The Morgan fingerprint density at radius 1 is 1.08 bits per heavy atom. The number of hydrogen-bond acceptors (Lipinski definition) is 4. The van der Waals surface area contributed by atoms with Crippen molar-refractivity contribution >= 4 is 11.9 Å². The van der Waals surface area contributed by atoms with Crippen LogP contribution in [0.5, 0.6) is 0 Å². The molecule has 0 aliphatic carbocycles. The van der Waals surface area contributed by atoms with E-state index in [1.807, 2.05) is 6.07 Å². The maximum absolute atomic E-state index is 12.6. The Hall–Kier alpha value is -2.68. The Balaban J connectivity index is 3.21. The molecule has 4 nitrogen and oxygen atoms in total. The smallest absolute Gasteiger partial charge is 0.324 e. The summed E-state index contributed by atoms with van der Waals surface area (Å²) in [5, 5.41) is 0. The molecular formula is C19H20F2O4. The number of carbonyl (C=O) groups is 2. The monoisotopic (exact) mass is 350 g/mol. The molecule has 0 unspecified atom stereocenters. The topological polar surface area (TPSA) is 52.6 Å². The standard InChI is InChI=1S/C19H20F2O4/c1-3-24-17(22)19(14-12-16(20)21,18(23)25-4-2)13-8-11-15-9-6-5-7-10-15/h5-7,9-10,12H,3-4,13-14H2,1-2H3. The highest BCUT2D eigenvalue weighted by atomic mass is 19.3. The fourth-order valence-corrected chi connectivity index (χ4v) is 2.08. The molecule has 0 N–H and O–H groups in total. The molecule has 0 spiro atoms. The number of rotatable bonds is 7. The van der Waals surface area contributed by atoms with Crippen molar-refractivity contribution in [2.24, 2.45) is 5.41 Å². The van der Waals surface area contributed by atoms with E-state index in [-0.39, 0.29) is 19.6 Å².